The summed E-state index contributed by atoms with van der Waals surface area (Å²) in [5.41, 5.74) is 3.58. The summed E-state index contributed by atoms with van der Waals surface area (Å²) < 4.78 is 0. The zero-order chi connectivity index (χ0) is 17.8. The van der Waals surface area contributed by atoms with Crippen LogP contribution in [0, 0.1) is 11.3 Å². The molecule has 0 saturated carbocycles. The van der Waals surface area contributed by atoms with Crippen LogP contribution in [0.3, 0.4) is 0 Å². The van der Waals surface area contributed by atoms with Gasteiger partial charge < -0.3 is 10.4 Å². The second-order valence-corrected chi connectivity index (χ2v) is 6.17. The van der Waals surface area contributed by atoms with Gasteiger partial charge in [-0.05, 0) is 60.2 Å². The monoisotopic (exact) mass is 334 g/mol. The Hall–Kier alpha value is -3.13. The van der Waals surface area contributed by atoms with E-state index < -0.39 is 5.97 Å². The van der Waals surface area contributed by atoms with Crippen LogP contribution in [0.4, 0.5) is 0 Å². The molecule has 1 aliphatic rings. The maximum Gasteiger partial charge on any atom is 0.335 e. The minimum atomic E-state index is -0.941. The molecule has 25 heavy (non-hydrogen) atoms. The number of aromatic carboxylic acids is 1. The Labute approximate surface area is 145 Å². The van der Waals surface area contributed by atoms with Crippen LogP contribution in [0.25, 0.3) is 0 Å². The molecule has 0 aromatic heterocycles. The SMILES string of the molecule is N#CCc1cccc(C(=O)NC2CCCc3cc(C(=O)O)ccc32)c1. The predicted octanol–water partition coefficient (Wildman–Crippen LogP) is 3.26. The second kappa shape index (κ2) is 7.18. The largest absolute Gasteiger partial charge is 0.478 e. The van der Waals surface area contributed by atoms with Gasteiger partial charge >= 0.3 is 5.97 Å². The predicted molar refractivity (Wildman–Crippen MR) is 92.3 cm³/mol. The van der Waals surface area contributed by atoms with Crippen molar-refractivity contribution in [3.63, 3.8) is 0 Å². The molecule has 1 unspecified atom stereocenters. The fraction of sp³-hybridized carbons (Fsp3) is 0.250. The molecule has 0 saturated heterocycles. The van der Waals surface area contributed by atoms with E-state index in [-0.39, 0.29) is 23.9 Å². The zero-order valence-electron chi connectivity index (χ0n) is 13.7. The van der Waals surface area contributed by atoms with Crippen molar-refractivity contribution in [1.29, 1.82) is 5.26 Å². The molecule has 3 rings (SSSR count). The third-order valence-corrected chi connectivity index (χ3v) is 4.48. The highest BCUT2D eigenvalue weighted by Gasteiger charge is 2.23. The Morgan fingerprint density at radius 2 is 2.04 bits per heavy atom. The average molecular weight is 334 g/mol. The third kappa shape index (κ3) is 3.69. The molecule has 1 amide bonds. The van der Waals surface area contributed by atoms with E-state index in [4.69, 9.17) is 10.4 Å². The minimum Gasteiger partial charge on any atom is -0.478 e. The summed E-state index contributed by atoms with van der Waals surface area (Å²) in [6.07, 6.45) is 2.81. The highest BCUT2D eigenvalue weighted by atomic mass is 16.4. The van der Waals surface area contributed by atoms with Crippen molar-refractivity contribution in [2.75, 3.05) is 0 Å². The number of nitriles is 1. The normalized spacial score (nSPS) is 15.7. The third-order valence-electron chi connectivity index (χ3n) is 4.48. The lowest BCUT2D eigenvalue weighted by atomic mass is 9.86. The van der Waals surface area contributed by atoms with Gasteiger partial charge in [0, 0.05) is 5.56 Å². The van der Waals surface area contributed by atoms with E-state index in [1.54, 1.807) is 36.4 Å². The van der Waals surface area contributed by atoms with Gasteiger partial charge in [-0.25, -0.2) is 4.79 Å². The molecule has 2 aromatic carbocycles. The minimum absolute atomic E-state index is 0.126. The number of benzene rings is 2. The summed E-state index contributed by atoms with van der Waals surface area (Å²) in [6.45, 7) is 0. The van der Waals surface area contributed by atoms with E-state index in [0.717, 1.165) is 36.0 Å². The smallest absolute Gasteiger partial charge is 0.335 e. The Morgan fingerprint density at radius 1 is 1.20 bits per heavy atom. The first-order valence-electron chi connectivity index (χ1n) is 8.21. The lowest BCUT2D eigenvalue weighted by Crippen LogP contribution is -2.31. The van der Waals surface area contributed by atoms with Crippen molar-refractivity contribution in [2.45, 2.75) is 31.7 Å². The van der Waals surface area contributed by atoms with Crippen molar-refractivity contribution in [3.05, 3.63) is 70.3 Å². The number of carbonyl (C=O) groups is 2. The summed E-state index contributed by atoms with van der Waals surface area (Å²) >= 11 is 0. The maximum absolute atomic E-state index is 12.6. The van der Waals surface area contributed by atoms with E-state index in [2.05, 4.69) is 11.4 Å². The quantitative estimate of drug-likeness (QED) is 0.898. The standard InChI is InChI=1S/C20H18N2O3/c21-10-9-13-3-1-5-15(11-13)19(23)22-18-6-2-4-14-12-16(20(24)25)7-8-17(14)18/h1,3,5,7-8,11-12,18H,2,4,6,9H2,(H,22,23)(H,24,25). The first-order chi connectivity index (χ1) is 12.1. The first-order valence-corrected chi connectivity index (χ1v) is 8.21. The number of nitrogens with one attached hydrogen (secondary N) is 1. The highest BCUT2D eigenvalue weighted by molar-refractivity contribution is 5.94. The van der Waals surface area contributed by atoms with Crippen LogP contribution in [0.5, 0.6) is 0 Å². The molecule has 1 aliphatic carbocycles. The van der Waals surface area contributed by atoms with Crippen LogP contribution < -0.4 is 5.32 Å². The van der Waals surface area contributed by atoms with Crippen molar-refractivity contribution in [1.82, 2.24) is 5.32 Å². The Kier molecular flexibility index (Phi) is 4.80. The molecule has 5 heteroatoms. The van der Waals surface area contributed by atoms with Crippen molar-refractivity contribution >= 4 is 11.9 Å². The number of fused-ring (bicyclic) bond motifs is 1. The zero-order valence-corrected chi connectivity index (χ0v) is 13.7. The fourth-order valence-corrected chi connectivity index (χ4v) is 3.25. The van der Waals surface area contributed by atoms with Crippen LogP contribution >= 0.6 is 0 Å². The number of hydrogen-bond donors (Lipinski definition) is 2. The topological polar surface area (TPSA) is 90.2 Å². The number of rotatable bonds is 4. The van der Waals surface area contributed by atoms with Crippen LogP contribution in [0.1, 0.15) is 56.3 Å². The Morgan fingerprint density at radius 3 is 2.80 bits per heavy atom. The van der Waals surface area contributed by atoms with Crippen molar-refractivity contribution in [2.24, 2.45) is 0 Å². The number of nitrogens with zero attached hydrogens (tertiary/aromatic N) is 1. The van der Waals surface area contributed by atoms with Crippen molar-refractivity contribution in [3.8, 4) is 6.07 Å². The lowest BCUT2D eigenvalue weighted by Gasteiger charge is -2.26. The molecule has 0 spiro atoms. The van der Waals surface area contributed by atoms with Gasteiger partial charge in [-0.2, -0.15) is 5.26 Å². The van der Waals surface area contributed by atoms with Gasteiger partial charge in [0.1, 0.15) is 0 Å². The van der Waals surface area contributed by atoms with Crippen LogP contribution in [-0.4, -0.2) is 17.0 Å². The van der Waals surface area contributed by atoms with Gasteiger partial charge in [-0.3, -0.25) is 4.79 Å². The fourth-order valence-electron chi connectivity index (χ4n) is 3.25. The Balaban J connectivity index is 1.80. The summed E-state index contributed by atoms with van der Waals surface area (Å²) in [7, 11) is 0. The maximum atomic E-state index is 12.6. The molecule has 5 nitrogen and oxygen atoms in total. The summed E-state index contributed by atoms with van der Waals surface area (Å²) in [5, 5.41) is 21.0. The summed E-state index contributed by atoms with van der Waals surface area (Å²) in [6, 6.07) is 14.1. The number of amides is 1. The summed E-state index contributed by atoms with van der Waals surface area (Å²) in [4.78, 5) is 23.7. The van der Waals surface area contributed by atoms with E-state index in [9.17, 15) is 9.59 Å². The molecule has 0 heterocycles. The van der Waals surface area contributed by atoms with Gasteiger partial charge in [0.15, 0.2) is 0 Å². The molecular weight excluding hydrogens is 316 g/mol. The number of carboxylic acid groups (broad SMARTS) is 1. The Bertz CT molecular complexity index is 867. The molecule has 0 bridgehead atoms. The molecular formula is C20H18N2O3. The summed E-state index contributed by atoms with van der Waals surface area (Å²) in [5.74, 6) is -1.12. The van der Waals surface area contributed by atoms with Gasteiger partial charge in [-0.15, -0.1) is 0 Å². The number of hydrogen-bond acceptors (Lipinski definition) is 3. The number of carboxylic acids is 1. The molecule has 0 radical (unpaired) electrons. The van der Waals surface area contributed by atoms with E-state index in [0.29, 0.717) is 5.56 Å². The van der Waals surface area contributed by atoms with Gasteiger partial charge in [0.05, 0.1) is 24.1 Å². The molecule has 2 aromatic rings. The van der Waals surface area contributed by atoms with Crippen molar-refractivity contribution < 1.29 is 14.7 Å². The highest BCUT2D eigenvalue weighted by Crippen LogP contribution is 2.30. The molecule has 0 aliphatic heterocycles. The van der Waals surface area contributed by atoms with Gasteiger partial charge in [0.25, 0.3) is 5.91 Å². The van der Waals surface area contributed by atoms with Gasteiger partial charge in [-0.1, -0.05) is 18.2 Å². The molecule has 0 fully saturated rings. The second-order valence-electron chi connectivity index (χ2n) is 6.17. The number of aryl methyl sites for hydroxylation is 1. The first kappa shape index (κ1) is 16.7. The van der Waals surface area contributed by atoms with Gasteiger partial charge in [0.2, 0.25) is 0 Å². The molecule has 1 atom stereocenters. The van der Waals surface area contributed by atoms with Crippen LogP contribution in [0.2, 0.25) is 0 Å². The lowest BCUT2D eigenvalue weighted by molar-refractivity contribution is 0.0696. The number of carbonyl (C=O) groups excluding carboxylic acids is 1. The molecule has 2 N–H and O–H groups in total. The average Bonchev–Trinajstić information content (AvgIpc) is 2.62. The van der Waals surface area contributed by atoms with Crippen LogP contribution in [0.15, 0.2) is 42.5 Å². The van der Waals surface area contributed by atoms with E-state index >= 15 is 0 Å². The van der Waals surface area contributed by atoms with E-state index in [1.807, 2.05) is 6.07 Å². The van der Waals surface area contributed by atoms with Crippen LogP contribution in [-0.2, 0) is 12.8 Å². The van der Waals surface area contributed by atoms with E-state index in [1.165, 1.54) is 0 Å². The molecule has 126 valence electrons.